The summed E-state index contributed by atoms with van der Waals surface area (Å²) in [6.07, 6.45) is -0.506. The van der Waals surface area contributed by atoms with E-state index in [0.29, 0.717) is 12.3 Å². The van der Waals surface area contributed by atoms with Crippen LogP contribution in [0.2, 0.25) is 0 Å². The summed E-state index contributed by atoms with van der Waals surface area (Å²) < 4.78 is 12.6. The standard InChI is InChI=1S/C22H25N3O3/c1-14-12-17(21-15(2)16(3)25(4)24-21)10-11-20(14)28-13-18-8-6-7-9-19(18)23-22(26)27-5/h6-12H,13H2,1-5H3,(H,23,26). The molecule has 0 aliphatic heterocycles. The fourth-order valence-corrected chi connectivity index (χ4v) is 3.03. The van der Waals surface area contributed by atoms with E-state index >= 15 is 0 Å². The summed E-state index contributed by atoms with van der Waals surface area (Å²) >= 11 is 0. The molecule has 0 fully saturated rings. The zero-order valence-electron chi connectivity index (χ0n) is 16.9. The van der Waals surface area contributed by atoms with Gasteiger partial charge in [-0.2, -0.15) is 5.10 Å². The summed E-state index contributed by atoms with van der Waals surface area (Å²) in [5.74, 6) is 0.793. The third kappa shape index (κ3) is 4.01. The van der Waals surface area contributed by atoms with Gasteiger partial charge in [-0.25, -0.2) is 4.79 Å². The molecule has 1 amide bonds. The predicted molar refractivity (Wildman–Crippen MR) is 110 cm³/mol. The maximum atomic E-state index is 11.5. The highest BCUT2D eigenvalue weighted by Gasteiger charge is 2.13. The normalized spacial score (nSPS) is 10.6. The molecule has 0 radical (unpaired) electrons. The Morgan fingerprint density at radius 2 is 1.89 bits per heavy atom. The maximum absolute atomic E-state index is 11.5. The molecule has 0 bridgehead atoms. The molecular weight excluding hydrogens is 354 g/mol. The zero-order chi connectivity index (χ0) is 20.3. The van der Waals surface area contributed by atoms with Gasteiger partial charge in [0.2, 0.25) is 0 Å². The maximum Gasteiger partial charge on any atom is 0.411 e. The quantitative estimate of drug-likeness (QED) is 0.693. The fraction of sp³-hybridized carbons (Fsp3) is 0.273. The molecule has 0 atom stereocenters. The summed E-state index contributed by atoms with van der Waals surface area (Å²) in [4.78, 5) is 11.5. The van der Waals surface area contributed by atoms with Crippen LogP contribution in [0, 0.1) is 20.8 Å². The lowest BCUT2D eigenvalue weighted by Crippen LogP contribution is -2.13. The number of ether oxygens (including phenoxy) is 2. The number of para-hydroxylation sites is 1. The number of hydrogen-bond acceptors (Lipinski definition) is 4. The number of carbonyl (C=O) groups is 1. The predicted octanol–water partition coefficient (Wildman–Crippen LogP) is 4.77. The van der Waals surface area contributed by atoms with Gasteiger partial charge < -0.3 is 9.47 Å². The van der Waals surface area contributed by atoms with Crippen LogP contribution in [0.15, 0.2) is 42.5 Å². The molecule has 28 heavy (non-hydrogen) atoms. The molecule has 3 rings (SSSR count). The summed E-state index contributed by atoms with van der Waals surface area (Å²) in [6.45, 7) is 6.50. The number of benzene rings is 2. The number of nitrogens with zero attached hydrogens (tertiary/aromatic N) is 2. The molecule has 0 saturated heterocycles. The smallest absolute Gasteiger partial charge is 0.411 e. The van der Waals surface area contributed by atoms with E-state index in [4.69, 9.17) is 4.74 Å². The lowest BCUT2D eigenvalue weighted by Gasteiger charge is -2.13. The van der Waals surface area contributed by atoms with Crippen LogP contribution in [0.25, 0.3) is 11.3 Å². The van der Waals surface area contributed by atoms with E-state index in [1.54, 1.807) is 0 Å². The molecule has 1 heterocycles. The number of anilines is 1. The number of aromatic nitrogens is 2. The Bertz CT molecular complexity index is 1010. The van der Waals surface area contributed by atoms with E-state index in [2.05, 4.69) is 35.1 Å². The second kappa shape index (κ2) is 8.17. The van der Waals surface area contributed by atoms with Gasteiger partial charge in [0.15, 0.2) is 0 Å². The van der Waals surface area contributed by atoms with Crippen LogP contribution in [0.3, 0.4) is 0 Å². The number of carbonyl (C=O) groups excluding carboxylic acids is 1. The van der Waals surface area contributed by atoms with Gasteiger partial charge in [0, 0.05) is 23.9 Å². The van der Waals surface area contributed by atoms with Crippen LogP contribution in [0.5, 0.6) is 5.75 Å². The van der Waals surface area contributed by atoms with E-state index in [1.165, 1.54) is 12.7 Å². The average molecular weight is 379 g/mol. The SMILES string of the molecule is COC(=O)Nc1ccccc1COc1ccc(-c2nn(C)c(C)c2C)cc1C. The third-order valence-corrected chi connectivity index (χ3v) is 4.90. The molecular formula is C22H25N3O3. The highest BCUT2D eigenvalue weighted by molar-refractivity contribution is 5.85. The van der Waals surface area contributed by atoms with Crippen molar-refractivity contribution in [2.45, 2.75) is 27.4 Å². The van der Waals surface area contributed by atoms with Crippen molar-refractivity contribution in [3.63, 3.8) is 0 Å². The number of amides is 1. The van der Waals surface area contributed by atoms with Crippen LogP contribution >= 0.6 is 0 Å². The lowest BCUT2D eigenvalue weighted by molar-refractivity contribution is 0.187. The van der Waals surface area contributed by atoms with Crippen LogP contribution < -0.4 is 10.1 Å². The third-order valence-electron chi connectivity index (χ3n) is 4.90. The van der Waals surface area contributed by atoms with Crippen molar-refractivity contribution < 1.29 is 14.3 Å². The Morgan fingerprint density at radius 3 is 2.54 bits per heavy atom. The number of methoxy groups -OCH3 is 1. The van der Waals surface area contributed by atoms with Gasteiger partial charge in [-0.05, 0) is 56.2 Å². The van der Waals surface area contributed by atoms with Crippen LogP contribution in [-0.2, 0) is 18.4 Å². The van der Waals surface area contributed by atoms with Gasteiger partial charge in [0.25, 0.3) is 0 Å². The van der Waals surface area contributed by atoms with Crippen LogP contribution in [0.4, 0.5) is 10.5 Å². The second-order valence-electron chi connectivity index (χ2n) is 6.73. The van der Waals surface area contributed by atoms with E-state index in [-0.39, 0.29) is 0 Å². The molecule has 1 aromatic heterocycles. The Labute approximate surface area is 165 Å². The minimum Gasteiger partial charge on any atom is -0.489 e. The summed E-state index contributed by atoms with van der Waals surface area (Å²) in [5, 5.41) is 7.32. The van der Waals surface area contributed by atoms with Crippen molar-refractivity contribution in [1.82, 2.24) is 9.78 Å². The van der Waals surface area contributed by atoms with Gasteiger partial charge in [0.1, 0.15) is 12.4 Å². The molecule has 6 nitrogen and oxygen atoms in total. The zero-order valence-corrected chi connectivity index (χ0v) is 16.9. The van der Waals surface area contributed by atoms with Crippen LogP contribution in [0.1, 0.15) is 22.4 Å². The van der Waals surface area contributed by atoms with Crippen molar-refractivity contribution in [2.75, 3.05) is 12.4 Å². The van der Waals surface area contributed by atoms with Gasteiger partial charge in [0.05, 0.1) is 18.5 Å². The van der Waals surface area contributed by atoms with Crippen molar-refractivity contribution >= 4 is 11.8 Å². The Kier molecular flexibility index (Phi) is 5.68. The van der Waals surface area contributed by atoms with E-state index in [0.717, 1.165) is 33.8 Å². The number of hydrogen-bond donors (Lipinski definition) is 1. The molecule has 6 heteroatoms. The first-order chi connectivity index (χ1) is 13.4. The summed E-state index contributed by atoms with van der Waals surface area (Å²) in [6, 6.07) is 13.6. The number of rotatable bonds is 5. The van der Waals surface area contributed by atoms with Gasteiger partial charge in [-0.1, -0.05) is 18.2 Å². The van der Waals surface area contributed by atoms with Crippen molar-refractivity contribution in [3.8, 4) is 17.0 Å². The van der Waals surface area contributed by atoms with Crippen LogP contribution in [-0.4, -0.2) is 23.0 Å². The van der Waals surface area contributed by atoms with E-state index in [1.807, 2.05) is 55.1 Å². The second-order valence-corrected chi connectivity index (χ2v) is 6.73. The number of nitrogens with one attached hydrogen (secondary N) is 1. The highest BCUT2D eigenvalue weighted by Crippen LogP contribution is 2.29. The molecule has 0 unspecified atom stereocenters. The van der Waals surface area contributed by atoms with Crippen molar-refractivity contribution in [2.24, 2.45) is 7.05 Å². The fourth-order valence-electron chi connectivity index (χ4n) is 3.03. The topological polar surface area (TPSA) is 65.4 Å². The molecule has 146 valence electrons. The molecule has 0 aliphatic carbocycles. The van der Waals surface area contributed by atoms with Crippen molar-refractivity contribution in [3.05, 3.63) is 64.8 Å². The van der Waals surface area contributed by atoms with Gasteiger partial charge >= 0.3 is 6.09 Å². The summed E-state index contributed by atoms with van der Waals surface area (Å²) in [5.41, 5.74) is 6.96. The Balaban J connectivity index is 1.78. The average Bonchev–Trinajstić information content (AvgIpc) is 2.95. The van der Waals surface area contributed by atoms with E-state index < -0.39 is 6.09 Å². The molecule has 3 aromatic rings. The molecule has 2 aromatic carbocycles. The summed E-state index contributed by atoms with van der Waals surface area (Å²) in [7, 11) is 3.29. The first-order valence-electron chi connectivity index (χ1n) is 9.07. The molecule has 0 aliphatic rings. The van der Waals surface area contributed by atoms with Crippen molar-refractivity contribution in [1.29, 1.82) is 0 Å². The first kappa shape index (κ1) is 19.5. The molecule has 0 saturated carbocycles. The first-order valence-corrected chi connectivity index (χ1v) is 9.07. The monoisotopic (exact) mass is 379 g/mol. The van der Waals surface area contributed by atoms with Gasteiger partial charge in [-0.15, -0.1) is 0 Å². The minimum absolute atomic E-state index is 0.335. The highest BCUT2D eigenvalue weighted by atomic mass is 16.5. The Hall–Kier alpha value is -3.28. The Morgan fingerprint density at radius 1 is 1.14 bits per heavy atom. The molecule has 0 spiro atoms. The minimum atomic E-state index is -0.506. The van der Waals surface area contributed by atoms with E-state index in [9.17, 15) is 4.79 Å². The number of aryl methyl sites for hydroxylation is 2. The van der Waals surface area contributed by atoms with Gasteiger partial charge in [-0.3, -0.25) is 10.00 Å². The lowest BCUT2D eigenvalue weighted by atomic mass is 10.0. The largest absolute Gasteiger partial charge is 0.489 e. The molecule has 1 N–H and O–H groups in total.